The molecular weight excluding hydrogens is 385 g/mol. The molecule has 0 bridgehead atoms. The van der Waals surface area contributed by atoms with Crippen LogP contribution in [0.2, 0.25) is 10.0 Å². The van der Waals surface area contributed by atoms with Crippen LogP contribution in [0.3, 0.4) is 0 Å². The minimum atomic E-state index is -0.595. The molecule has 0 atom stereocenters. The highest BCUT2D eigenvalue weighted by molar-refractivity contribution is 6.34. The second kappa shape index (κ2) is 7.67. The first-order valence-corrected chi connectivity index (χ1v) is 8.26. The summed E-state index contributed by atoms with van der Waals surface area (Å²) in [4.78, 5) is 22.4. The summed E-state index contributed by atoms with van der Waals surface area (Å²) in [5.41, 5.74) is 0.529. The minimum absolute atomic E-state index is 0.0214. The Bertz CT molecular complexity index is 875. The standard InChI is InChI=1S/C16H13Cl2N3O5/c17-10-2-1-9(5-13(10)21(23)24)19-8-16(22)20-12-7-15-14(6-11(12)18)25-3-4-26-15/h1-2,5-7,19H,3-4,8H2,(H,20,22). The van der Waals surface area contributed by atoms with Crippen LogP contribution in [0.1, 0.15) is 0 Å². The van der Waals surface area contributed by atoms with Gasteiger partial charge in [-0.05, 0) is 12.1 Å². The molecule has 0 saturated heterocycles. The monoisotopic (exact) mass is 397 g/mol. The lowest BCUT2D eigenvalue weighted by molar-refractivity contribution is -0.384. The zero-order valence-corrected chi connectivity index (χ0v) is 14.8. The van der Waals surface area contributed by atoms with Gasteiger partial charge in [0.1, 0.15) is 18.2 Å². The van der Waals surface area contributed by atoms with Crippen LogP contribution in [-0.4, -0.2) is 30.6 Å². The van der Waals surface area contributed by atoms with E-state index in [-0.39, 0.29) is 23.2 Å². The van der Waals surface area contributed by atoms with E-state index < -0.39 is 4.92 Å². The van der Waals surface area contributed by atoms with E-state index in [1.807, 2.05) is 0 Å². The molecule has 0 aliphatic carbocycles. The topological polar surface area (TPSA) is 103 Å². The van der Waals surface area contributed by atoms with Gasteiger partial charge in [0, 0.05) is 23.9 Å². The predicted octanol–water partition coefficient (Wildman–Crippen LogP) is 3.72. The fourth-order valence-corrected chi connectivity index (χ4v) is 2.69. The molecule has 3 rings (SSSR count). The molecule has 8 nitrogen and oxygen atoms in total. The molecule has 2 aromatic carbocycles. The van der Waals surface area contributed by atoms with Crippen molar-refractivity contribution in [1.29, 1.82) is 0 Å². The summed E-state index contributed by atoms with van der Waals surface area (Å²) in [5, 5.41) is 16.7. The van der Waals surface area contributed by atoms with Gasteiger partial charge in [0.15, 0.2) is 11.5 Å². The van der Waals surface area contributed by atoms with Crippen molar-refractivity contribution in [1.82, 2.24) is 0 Å². The molecular formula is C16H13Cl2N3O5. The highest BCUT2D eigenvalue weighted by atomic mass is 35.5. The Morgan fingerprint density at radius 1 is 1.12 bits per heavy atom. The highest BCUT2D eigenvalue weighted by Gasteiger charge is 2.17. The number of halogens is 2. The lowest BCUT2D eigenvalue weighted by Gasteiger charge is -2.20. The van der Waals surface area contributed by atoms with Crippen LogP contribution in [-0.2, 0) is 4.79 Å². The SMILES string of the molecule is O=C(CNc1ccc(Cl)c([N+](=O)[O-])c1)Nc1cc2c(cc1Cl)OCCO2. The van der Waals surface area contributed by atoms with Crippen molar-refractivity contribution in [2.24, 2.45) is 0 Å². The molecule has 136 valence electrons. The number of nitrogens with zero attached hydrogens (tertiary/aromatic N) is 1. The van der Waals surface area contributed by atoms with Gasteiger partial charge < -0.3 is 20.1 Å². The summed E-state index contributed by atoms with van der Waals surface area (Å²) in [6.07, 6.45) is 0. The number of nitrogens with one attached hydrogen (secondary N) is 2. The number of anilines is 2. The van der Waals surface area contributed by atoms with Gasteiger partial charge >= 0.3 is 0 Å². The van der Waals surface area contributed by atoms with Crippen molar-refractivity contribution < 1.29 is 19.2 Å². The number of carbonyl (C=O) groups excluding carboxylic acids is 1. The summed E-state index contributed by atoms with van der Waals surface area (Å²) in [7, 11) is 0. The van der Waals surface area contributed by atoms with E-state index in [2.05, 4.69) is 10.6 Å². The van der Waals surface area contributed by atoms with Gasteiger partial charge in [-0.3, -0.25) is 14.9 Å². The third-order valence-electron chi connectivity index (χ3n) is 3.50. The number of nitro benzene ring substituents is 1. The molecule has 0 unspecified atom stereocenters. The van der Waals surface area contributed by atoms with Gasteiger partial charge in [-0.1, -0.05) is 23.2 Å². The van der Waals surface area contributed by atoms with Gasteiger partial charge in [-0.25, -0.2) is 0 Å². The average Bonchev–Trinajstić information content (AvgIpc) is 2.61. The minimum Gasteiger partial charge on any atom is -0.486 e. The summed E-state index contributed by atoms with van der Waals surface area (Å²) in [5.74, 6) is 0.629. The molecule has 1 aliphatic rings. The molecule has 1 aliphatic heterocycles. The number of hydrogen-bond acceptors (Lipinski definition) is 6. The van der Waals surface area contributed by atoms with E-state index in [1.54, 1.807) is 18.2 Å². The highest BCUT2D eigenvalue weighted by Crippen LogP contribution is 2.38. The quantitative estimate of drug-likeness (QED) is 0.588. The lowest BCUT2D eigenvalue weighted by Crippen LogP contribution is -2.22. The maximum atomic E-state index is 12.1. The average molecular weight is 398 g/mol. The second-order valence-corrected chi connectivity index (χ2v) is 6.12. The van der Waals surface area contributed by atoms with Crippen molar-refractivity contribution in [2.75, 3.05) is 30.4 Å². The van der Waals surface area contributed by atoms with Gasteiger partial charge in [0.2, 0.25) is 5.91 Å². The third-order valence-corrected chi connectivity index (χ3v) is 4.13. The van der Waals surface area contributed by atoms with Crippen LogP contribution in [0.25, 0.3) is 0 Å². The molecule has 1 amide bonds. The van der Waals surface area contributed by atoms with Gasteiger partial charge in [-0.2, -0.15) is 0 Å². The Morgan fingerprint density at radius 2 is 1.81 bits per heavy atom. The number of ether oxygens (including phenoxy) is 2. The Kier molecular flexibility index (Phi) is 5.34. The van der Waals surface area contributed by atoms with Crippen LogP contribution < -0.4 is 20.1 Å². The number of nitro groups is 1. The molecule has 2 N–H and O–H groups in total. The number of fused-ring (bicyclic) bond motifs is 1. The number of amides is 1. The second-order valence-electron chi connectivity index (χ2n) is 5.30. The Hall–Kier alpha value is -2.71. The number of benzene rings is 2. The molecule has 26 heavy (non-hydrogen) atoms. The van der Waals surface area contributed by atoms with E-state index >= 15 is 0 Å². The zero-order chi connectivity index (χ0) is 18.7. The van der Waals surface area contributed by atoms with Gasteiger partial charge in [0.25, 0.3) is 5.69 Å². The molecule has 2 aromatic rings. The number of carbonyl (C=O) groups is 1. The lowest BCUT2D eigenvalue weighted by atomic mass is 10.2. The molecule has 0 fully saturated rings. The first kappa shape index (κ1) is 18.1. The van der Waals surface area contributed by atoms with Crippen molar-refractivity contribution >= 4 is 46.2 Å². The maximum absolute atomic E-state index is 12.1. The summed E-state index contributed by atoms with van der Waals surface area (Å²) in [6.45, 7) is 0.731. The first-order chi connectivity index (χ1) is 12.4. The van der Waals surface area contributed by atoms with Gasteiger partial charge in [0.05, 0.1) is 22.2 Å². The number of rotatable bonds is 5. The third kappa shape index (κ3) is 4.09. The first-order valence-electron chi connectivity index (χ1n) is 7.51. The molecule has 1 heterocycles. The fourth-order valence-electron chi connectivity index (χ4n) is 2.30. The van der Waals surface area contributed by atoms with Crippen LogP contribution >= 0.6 is 23.2 Å². The van der Waals surface area contributed by atoms with Gasteiger partial charge in [-0.15, -0.1) is 0 Å². The van der Waals surface area contributed by atoms with E-state index in [1.165, 1.54) is 12.1 Å². The molecule has 0 radical (unpaired) electrons. The molecule has 0 aromatic heterocycles. The zero-order valence-electron chi connectivity index (χ0n) is 13.3. The van der Waals surface area contributed by atoms with E-state index in [0.717, 1.165) is 0 Å². The Balaban J connectivity index is 1.65. The van der Waals surface area contributed by atoms with Crippen molar-refractivity contribution in [2.45, 2.75) is 0 Å². The van der Waals surface area contributed by atoms with Crippen molar-refractivity contribution in [3.05, 3.63) is 50.5 Å². The normalized spacial score (nSPS) is 12.4. The molecule has 0 spiro atoms. The van der Waals surface area contributed by atoms with E-state index in [9.17, 15) is 14.9 Å². The maximum Gasteiger partial charge on any atom is 0.289 e. The smallest absolute Gasteiger partial charge is 0.289 e. The summed E-state index contributed by atoms with van der Waals surface area (Å²) < 4.78 is 10.9. The number of hydrogen-bond donors (Lipinski definition) is 2. The Labute approximate surface area is 158 Å². The molecule has 0 saturated carbocycles. The van der Waals surface area contributed by atoms with Crippen molar-refractivity contribution in [3.63, 3.8) is 0 Å². The Morgan fingerprint density at radius 3 is 2.50 bits per heavy atom. The predicted molar refractivity (Wildman–Crippen MR) is 97.7 cm³/mol. The van der Waals surface area contributed by atoms with E-state index in [4.69, 9.17) is 32.7 Å². The van der Waals surface area contributed by atoms with Crippen LogP contribution in [0.5, 0.6) is 11.5 Å². The summed E-state index contributed by atoms with van der Waals surface area (Å²) >= 11 is 11.9. The van der Waals surface area contributed by atoms with Crippen LogP contribution in [0.15, 0.2) is 30.3 Å². The van der Waals surface area contributed by atoms with E-state index in [0.29, 0.717) is 41.1 Å². The van der Waals surface area contributed by atoms with Crippen LogP contribution in [0.4, 0.5) is 17.1 Å². The van der Waals surface area contributed by atoms with Crippen molar-refractivity contribution in [3.8, 4) is 11.5 Å². The fraction of sp³-hybridized carbons (Fsp3) is 0.188. The molecule has 10 heteroatoms. The largest absolute Gasteiger partial charge is 0.486 e. The summed E-state index contributed by atoms with van der Waals surface area (Å²) in [6, 6.07) is 7.34. The van der Waals surface area contributed by atoms with Crippen LogP contribution in [0, 0.1) is 10.1 Å².